The summed E-state index contributed by atoms with van der Waals surface area (Å²) in [6.45, 7) is 5.42. The lowest BCUT2D eigenvalue weighted by atomic mass is 10.1. The summed E-state index contributed by atoms with van der Waals surface area (Å²) in [5.41, 5.74) is 1.27. The summed E-state index contributed by atoms with van der Waals surface area (Å²) < 4.78 is 0.971. The molecule has 0 amide bonds. The number of nitrogens with one attached hydrogen (secondary N) is 1. The third-order valence-electron chi connectivity index (χ3n) is 3.13. The maximum Gasteiger partial charge on any atom is 0.0548 e. The van der Waals surface area contributed by atoms with Gasteiger partial charge in [0.2, 0.25) is 0 Å². The Morgan fingerprint density at radius 2 is 2.06 bits per heavy atom. The van der Waals surface area contributed by atoms with Gasteiger partial charge in [0.25, 0.3) is 0 Å². The molecule has 0 aromatic heterocycles. The van der Waals surface area contributed by atoms with Gasteiger partial charge in [0.15, 0.2) is 0 Å². The topological polar surface area (TPSA) is 12.0 Å². The highest BCUT2D eigenvalue weighted by Crippen LogP contribution is 2.23. The minimum atomic E-state index is 0.580. The van der Waals surface area contributed by atoms with E-state index in [9.17, 15) is 0 Å². The van der Waals surface area contributed by atoms with E-state index in [0.717, 1.165) is 16.0 Å². The highest BCUT2D eigenvalue weighted by atomic mass is 79.9. The molecule has 0 saturated carbocycles. The molecule has 1 unspecified atom stereocenters. The fraction of sp³-hybridized carbons (Fsp3) is 0.600. The van der Waals surface area contributed by atoms with Gasteiger partial charge in [-0.05, 0) is 47.0 Å². The van der Waals surface area contributed by atoms with Gasteiger partial charge in [0.05, 0.1) is 5.02 Å². The Hall–Kier alpha value is -0.0500. The van der Waals surface area contributed by atoms with Crippen molar-refractivity contribution in [3.63, 3.8) is 0 Å². The van der Waals surface area contributed by atoms with Gasteiger partial charge in [-0.1, -0.05) is 50.3 Å². The molecule has 1 aromatic carbocycles. The lowest BCUT2D eigenvalue weighted by Crippen LogP contribution is -2.25. The smallest absolute Gasteiger partial charge is 0.0548 e. The molecule has 1 N–H and O–H groups in total. The Morgan fingerprint density at radius 3 is 2.72 bits per heavy atom. The van der Waals surface area contributed by atoms with Crippen LogP contribution in [-0.2, 0) is 6.54 Å². The fourth-order valence-electron chi connectivity index (χ4n) is 1.92. The average Bonchev–Trinajstić information content (AvgIpc) is 2.36. The van der Waals surface area contributed by atoms with Crippen LogP contribution in [0.15, 0.2) is 22.7 Å². The summed E-state index contributed by atoms with van der Waals surface area (Å²) in [5, 5.41) is 4.33. The molecular weight excluding hydrogens is 310 g/mol. The zero-order chi connectivity index (χ0) is 13.4. The zero-order valence-electron chi connectivity index (χ0n) is 11.3. The third-order valence-corrected chi connectivity index (χ3v) is 4.34. The molecule has 0 spiro atoms. The van der Waals surface area contributed by atoms with Gasteiger partial charge in [0.1, 0.15) is 0 Å². The second-order valence-corrected chi connectivity index (χ2v) is 6.14. The van der Waals surface area contributed by atoms with E-state index in [-0.39, 0.29) is 0 Å². The molecule has 0 radical (unpaired) electrons. The molecule has 0 bridgehead atoms. The van der Waals surface area contributed by atoms with Crippen LogP contribution in [0.4, 0.5) is 0 Å². The number of rotatable bonds is 8. The van der Waals surface area contributed by atoms with Gasteiger partial charge < -0.3 is 5.32 Å². The highest BCUT2D eigenvalue weighted by Gasteiger charge is 2.03. The van der Waals surface area contributed by atoms with Crippen LogP contribution < -0.4 is 5.32 Å². The quantitative estimate of drug-likeness (QED) is 0.615. The predicted octanol–water partition coefficient (Wildman–Crippen LogP) is 5.55. The Bertz CT molecular complexity index is 354. The molecule has 1 aromatic rings. The van der Waals surface area contributed by atoms with Crippen LogP contribution in [0.5, 0.6) is 0 Å². The van der Waals surface area contributed by atoms with E-state index in [4.69, 9.17) is 11.6 Å². The van der Waals surface area contributed by atoms with Gasteiger partial charge in [-0.25, -0.2) is 0 Å². The second kappa shape index (κ2) is 8.95. The molecule has 102 valence electrons. The van der Waals surface area contributed by atoms with Crippen molar-refractivity contribution in [2.75, 3.05) is 0 Å². The molecule has 1 rings (SSSR count). The van der Waals surface area contributed by atoms with E-state index < -0.39 is 0 Å². The van der Waals surface area contributed by atoms with Crippen LogP contribution >= 0.6 is 27.5 Å². The molecule has 3 heteroatoms. The van der Waals surface area contributed by atoms with Crippen molar-refractivity contribution in [3.8, 4) is 0 Å². The van der Waals surface area contributed by atoms with Crippen LogP contribution in [0.1, 0.15) is 51.5 Å². The number of hydrogen-bond donors (Lipinski definition) is 1. The maximum atomic E-state index is 5.97. The molecule has 0 aliphatic carbocycles. The Morgan fingerprint density at radius 1 is 1.28 bits per heavy atom. The first kappa shape index (κ1) is 16.0. The normalized spacial score (nSPS) is 12.7. The lowest BCUT2D eigenvalue weighted by molar-refractivity contribution is 0.482. The summed E-state index contributed by atoms with van der Waals surface area (Å²) in [6, 6.07) is 6.67. The van der Waals surface area contributed by atoms with Crippen molar-refractivity contribution < 1.29 is 0 Å². The maximum absolute atomic E-state index is 5.97. The third kappa shape index (κ3) is 6.21. The molecule has 0 fully saturated rings. The number of benzene rings is 1. The summed E-state index contributed by atoms with van der Waals surface area (Å²) in [4.78, 5) is 0. The first-order chi connectivity index (χ1) is 8.63. The fourth-order valence-corrected chi connectivity index (χ4v) is 2.46. The molecule has 0 saturated heterocycles. The van der Waals surface area contributed by atoms with Crippen LogP contribution in [0.25, 0.3) is 0 Å². The Labute approximate surface area is 124 Å². The van der Waals surface area contributed by atoms with Crippen molar-refractivity contribution in [2.24, 2.45) is 0 Å². The second-order valence-electron chi connectivity index (χ2n) is 4.88. The number of hydrogen-bond acceptors (Lipinski definition) is 1. The van der Waals surface area contributed by atoms with E-state index in [0.29, 0.717) is 6.04 Å². The number of unbranched alkanes of at least 4 members (excludes halogenated alkanes) is 3. The van der Waals surface area contributed by atoms with Crippen LogP contribution in [0.3, 0.4) is 0 Å². The first-order valence-corrected chi connectivity index (χ1v) is 7.98. The van der Waals surface area contributed by atoms with E-state index >= 15 is 0 Å². The molecule has 0 aliphatic heterocycles. The summed E-state index contributed by atoms with van der Waals surface area (Å²) in [5.74, 6) is 0. The van der Waals surface area contributed by atoms with Crippen LogP contribution in [0, 0.1) is 0 Å². The first-order valence-electron chi connectivity index (χ1n) is 6.80. The largest absolute Gasteiger partial charge is 0.310 e. The molecule has 1 atom stereocenters. The molecule has 0 aliphatic rings. The summed E-state index contributed by atoms with van der Waals surface area (Å²) in [7, 11) is 0. The monoisotopic (exact) mass is 331 g/mol. The van der Waals surface area contributed by atoms with Crippen molar-refractivity contribution in [3.05, 3.63) is 33.3 Å². The van der Waals surface area contributed by atoms with Crippen LogP contribution in [0.2, 0.25) is 5.02 Å². The van der Waals surface area contributed by atoms with E-state index in [1.165, 1.54) is 37.7 Å². The molecule has 18 heavy (non-hydrogen) atoms. The summed E-state index contributed by atoms with van der Waals surface area (Å²) >= 11 is 9.43. The minimum absolute atomic E-state index is 0.580. The lowest BCUT2D eigenvalue weighted by Gasteiger charge is -2.14. The predicted molar refractivity (Wildman–Crippen MR) is 84.2 cm³/mol. The van der Waals surface area contributed by atoms with Crippen molar-refractivity contribution in [1.29, 1.82) is 0 Å². The van der Waals surface area contributed by atoms with Gasteiger partial charge in [0, 0.05) is 17.1 Å². The molecule has 1 nitrogen and oxygen atoms in total. The number of halogens is 2. The highest BCUT2D eigenvalue weighted by molar-refractivity contribution is 9.10. The van der Waals surface area contributed by atoms with E-state index in [2.05, 4.69) is 47.2 Å². The Balaban J connectivity index is 2.24. The zero-order valence-corrected chi connectivity index (χ0v) is 13.6. The van der Waals surface area contributed by atoms with Crippen molar-refractivity contribution in [2.45, 2.75) is 58.5 Å². The summed E-state index contributed by atoms with van der Waals surface area (Å²) in [6.07, 6.45) is 6.60. The standard InChI is InChI=1S/C15H23BrClN/c1-3-4-5-6-7-12(2)18-11-13-8-9-15(17)14(16)10-13/h8-10,12,18H,3-7,11H2,1-2H3. The van der Waals surface area contributed by atoms with Crippen molar-refractivity contribution in [1.82, 2.24) is 5.32 Å². The molecular formula is C15H23BrClN. The van der Waals surface area contributed by atoms with Crippen molar-refractivity contribution >= 4 is 27.5 Å². The average molecular weight is 333 g/mol. The van der Waals surface area contributed by atoms with Gasteiger partial charge in [-0.3, -0.25) is 0 Å². The van der Waals surface area contributed by atoms with Gasteiger partial charge >= 0.3 is 0 Å². The molecule has 0 heterocycles. The van der Waals surface area contributed by atoms with Gasteiger partial charge in [-0.15, -0.1) is 0 Å². The van der Waals surface area contributed by atoms with E-state index in [1.807, 2.05) is 6.07 Å². The van der Waals surface area contributed by atoms with Crippen LogP contribution in [-0.4, -0.2) is 6.04 Å². The Kier molecular flexibility index (Phi) is 7.96. The van der Waals surface area contributed by atoms with E-state index in [1.54, 1.807) is 0 Å². The SMILES string of the molecule is CCCCCCC(C)NCc1ccc(Cl)c(Br)c1. The van der Waals surface area contributed by atoms with Gasteiger partial charge in [-0.2, -0.15) is 0 Å². The minimum Gasteiger partial charge on any atom is -0.310 e.